The molecule has 0 saturated heterocycles. The minimum atomic E-state index is 0.607. The summed E-state index contributed by atoms with van der Waals surface area (Å²) < 4.78 is 11.8. The van der Waals surface area contributed by atoms with Crippen LogP contribution in [0, 0.1) is 6.92 Å². The van der Waals surface area contributed by atoms with Crippen LogP contribution in [0.5, 0.6) is 0 Å². The van der Waals surface area contributed by atoms with Crippen molar-refractivity contribution >= 4 is 81.8 Å². The zero-order valence-corrected chi connectivity index (χ0v) is 31.3. The average Bonchev–Trinajstić information content (AvgIpc) is 4.02. The Morgan fingerprint density at radius 1 is 0.431 bits per heavy atom. The first-order valence-electron chi connectivity index (χ1n) is 19.6. The summed E-state index contributed by atoms with van der Waals surface area (Å²) in [5, 5.41) is 9.41. The molecule has 0 aliphatic heterocycles. The third-order valence-electron chi connectivity index (χ3n) is 12.0. The number of rotatable bonds is 4. The molecule has 0 atom stereocenters. The van der Waals surface area contributed by atoms with Gasteiger partial charge in [0.2, 0.25) is 0 Å². The molecule has 6 nitrogen and oxygen atoms in total. The van der Waals surface area contributed by atoms with Crippen LogP contribution in [0.25, 0.3) is 122 Å². The lowest BCUT2D eigenvalue weighted by molar-refractivity contribution is 0.666. The lowest BCUT2D eigenvalue weighted by Crippen LogP contribution is -2.03. The Kier molecular flexibility index (Phi) is 6.28. The second-order valence-corrected chi connectivity index (χ2v) is 15.2. The van der Waals surface area contributed by atoms with E-state index in [9.17, 15) is 0 Å². The molecule has 8 aromatic carbocycles. The van der Waals surface area contributed by atoms with E-state index in [2.05, 4.69) is 119 Å². The molecule has 0 saturated carbocycles. The molecule has 0 fully saturated rings. The van der Waals surface area contributed by atoms with E-state index >= 15 is 0 Å². The minimum Gasteiger partial charge on any atom is -0.454 e. The summed E-state index contributed by atoms with van der Waals surface area (Å²) in [6.45, 7) is 2.17. The van der Waals surface area contributed by atoms with Crippen molar-refractivity contribution in [3.8, 4) is 39.9 Å². The molecule has 5 aromatic heterocycles. The lowest BCUT2D eigenvalue weighted by Gasteiger charge is -2.15. The molecule has 0 bridgehead atoms. The predicted octanol–water partition coefficient (Wildman–Crippen LogP) is 13.3. The van der Waals surface area contributed by atoms with Gasteiger partial charge in [0.05, 0.1) is 33.3 Å². The van der Waals surface area contributed by atoms with E-state index in [1.165, 1.54) is 48.9 Å². The molecule has 0 radical (unpaired) electrons. The first kappa shape index (κ1) is 31.4. The van der Waals surface area contributed by atoms with Crippen molar-refractivity contribution in [1.82, 2.24) is 23.9 Å². The minimum absolute atomic E-state index is 0.607. The fourth-order valence-electron chi connectivity index (χ4n) is 9.54. The van der Waals surface area contributed by atoms with Gasteiger partial charge in [-0.2, -0.15) is 0 Å². The first-order chi connectivity index (χ1) is 28.7. The summed E-state index contributed by atoms with van der Waals surface area (Å²) in [5.41, 5.74) is 12.3. The van der Waals surface area contributed by atoms with Gasteiger partial charge in [-0.05, 0) is 48.9 Å². The van der Waals surface area contributed by atoms with Crippen molar-refractivity contribution in [2.75, 3.05) is 0 Å². The van der Waals surface area contributed by atoms with Crippen molar-refractivity contribution in [3.05, 3.63) is 175 Å². The molecule has 6 heteroatoms. The number of nitrogens with zero attached hydrogens (tertiary/aromatic N) is 5. The van der Waals surface area contributed by atoms with E-state index in [1.54, 1.807) is 0 Å². The average molecular weight is 742 g/mol. The summed E-state index contributed by atoms with van der Waals surface area (Å²) in [5.74, 6) is 1.85. The third kappa shape index (κ3) is 4.23. The van der Waals surface area contributed by atoms with Crippen LogP contribution in [-0.4, -0.2) is 23.9 Å². The highest BCUT2D eigenvalue weighted by atomic mass is 16.3. The molecule has 5 heterocycles. The Morgan fingerprint density at radius 2 is 0.966 bits per heavy atom. The summed E-state index contributed by atoms with van der Waals surface area (Å²) in [4.78, 5) is 15.4. The van der Waals surface area contributed by atoms with Crippen LogP contribution in [0.15, 0.2) is 174 Å². The third-order valence-corrected chi connectivity index (χ3v) is 12.0. The molecule has 13 aromatic rings. The molecule has 0 unspecified atom stereocenters. The van der Waals surface area contributed by atoms with Crippen molar-refractivity contribution in [1.29, 1.82) is 0 Å². The number of benzene rings is 8. The highest BCUT2D eigenvalue weighted by Crippen LogP contribution is 2.46. The topological polar surface area (TPSA) is 61.2 Å². The molecule has 270 valence electrons. The van der Waals surface area contributed by atoms with E-state index in [4.69, 9.17) is 19.4 Å². The number of para-hydroxylation sites is 4. The normalized spacial score (nSPS) is 12.2. The molecule has 0 N–H and O–H groups in total. The molecular weight excluding hydrogens is 711 g/mol. The van der Waals surface area contributed by atoms with Crippen molar-refractivity contribution < 1.29 is 4.42 Å². The van der Waals surface area contributed by atoms with Crippen LogP contribution in [0.4, 0.5) is 0 Å². The number of aryl methyl sites for hydroxylation is 1. The van der Waals surface area contributed by atoms with Gasteiger partial charge in [-0.3, -0.25) is 0 Å². The Bertz CT molecular complexity index is 3740. The number of aromatic nitrogens is 5. The Hall–Kier alpha value is -7.83. The van der Waals surface area contributed by atoms with Crippen molar-refractivity contribution in [2.24, 2.45) is 0 Å². The second-order valence-electron chi connectivity index (χ2n) is 15.2. The van der Waals surface area contributed by atoms with Gasteiger partial charge in [-0.15, -0.1) is 0 Å². The van der Waals surface area contributed by atoms with E-state index < -0.39 is 0 Å². The number of furan rings is 1. The van der Waals surface area contributed by atoms with Crippen LogP contribution in [-0.2, 0) is 0 Å². The zero-order valence-electron chi connectivity index (χ0n) is 31.3. The van der Waals surface area contributed by atoms with Gasteiger partial charge in [0.1, 0.15) is 5.58 Å². The van der Waals surface area contributed by atoms with E-state index in [-0.39, 0.29) is 0 Å². The molecule has 0 amide bonds. The van der Waals surface area contributed by atoms with Crippen LogP contribution >= 0.6 is 0 Å². The molecule has 0 aliphatic rings. The Labute approximate surface area is 331 Å². The van der Waals surface area contributed by atoms with Gasteiger partial charge < -0.3 is 13.4 Å². The number of hydrogen-bond acceptors (Lipinski definition) is 4. The summed E-state index contributed by atoms with van der Waals surface area (Å²) in [7, 11) is 0. The summed E-state index contributed by atoms with van der Waals surface area (Å²) in [6.07, 6.45) is 0. The van der Waals surface area contributed by atoms with Gasteiger partial charge in [0.25, 0.3) is 0 Å². The quantitative estimate of drug-likeness (QED) is 0.180. The second kappa shape index (κ2) is 11.6. The van der Waals surface area contributed by atoms with Crippen molar-refractivity contribution in [3.63, 3.8) is 0 Å². The lowest BCUT2D eigenvalue weighted by atomic mass is 9.99. The highest BCUT2D eigenvalue weighted by Gasteiger charge is 2.26. The molecule has 13 rings (SSSR count). The van der Waals surface area contributed by atoms with Crippen LogP contribution in [0.3, 0.4) is 0 Å². The van der Waals surface area contributed by atoms with Gasteiger partial charge in [0.15, 0.2) is 23.1 Å². The monoisotopic (exact) mass is 741 g/mol. The standard InChI is InChI=1S/C52H31N5O/c1-30-27-44(56-40-24-11-9-20-34(40)38-28-43-39(29-42(38)56)36-23-14-22-35-33-19-8-12-25-41(33)57(43)48(35)36)49-47(37-21-10-13-26-45(37)58-49)46(30)52-54-50(31-15-4-2-5-16-31)53-51(55-52)32-17-6-3-7-18-32/h2-29H,1H3. The molecule has 0 spiro atoms. The van der Waals surface area contributed by atoms with Gasteiger partial charge in [0, 0.05) is 59.8 Å². The SMILES string of the molecule is Cc1cc(-n2c3ccccc3c3cc4c(cc32)c2cccc3c5ccccc5n4c32)c2oc3ccccc3c2c1-c1nc(-c2ccccc2)nc(-c2ccccc2)n1. The maximum Gasteiger partial charge on any atom is 0.165 e. The van der Waals surface area contributed by atoms with Crippen LogP contribution in [0.1, 0.15) is 5.56 Å². The smallest absolute Gasteiger partial charge is 0.165 e. The van der Waals surface area contributed by atoms with Crippen molar-refractivity contribution in [2.45, 2.75) is 6.92 Å². The van der Waals surface area contributed by atoms with Crippen LogP contribution in [0.2, 0.25) is 0 Å². The number of hydrogen-bond donors (Lipinski definition) is 0. The summed E-state index contributed by atoms with van der Waals surface area (Å²) in [6, 6.07) is 59.8. The summed E-state index contributed by atoms with van der Waals surface area (Å²) >= 11 is 0. The van der Waals surface area contributed by atoms with Gasteiger partial charge >= 0.3 is 0 Å². The largest absolute Gasteiger partial charge is 0.454 e. The van der Waals surface area contributed by atoms with Gasteiger partial charge in [-0.25, -0.2) is 15.0 Å². The fraction of sp³-hybridized carbons (Fsp3) is 0.0192. The first-order valence-corrected chi connectivity index (χ1v) is 19.6. The molecular formula is C52H31N5O. The number of fused-ring (bicyclic) bond motifs is 12. The van der Waals surface area contributed by atoms with E-state index in [0.717, 1.165) is 60.9 Å². The molecule has 58 heavy (non-hydrogen) atoms. The highest BCUT2D eigenvalue weighted by molar-refractivity contribution is 6.26. The maximum atomic E-state index is 6.98. The zero-order chi connectivity index (χ0) is 38.1. The van der Waals surface area contributed by atoms with E-state index in [1.807, 2.05) is 66.7 Å². The Morgan fingerprint density at radius 3 is 1.69 bits per heavy atom. The fourth-order valence-corrected chi connectivity index (χ4v) is 9.54. The van der Waals surface area contributed by atoms with E-state index in [0.29, 0.717) is 17.5 Å². The van der Waals surface area contributed by atoms with Crippen LogP contribution < -0.4 is 0 Å². The predicted molar refractivity (Wildman–Crippen MR) is 237 cm³/mol. The Balaban J connectivity index is 1.14. The van der Waals surface area contributed by atoms with Gasteiger partial charge in [-0.1, -0.05) is 133 Å². The maximum absolute atomic E-state index is 6.98. The molecule has 0 aliphatic carbocycles.